The smallest absolute Gasteiger partial charge is 0.258 e. The van der Waals surface area contributed by atoms with Gasteiger partial charge in [0.05, 0.1) is 6.04 Å². The number of nitrogens with zero attached hydrogens (tertiary/aromatic N) is 1. The molecule has 22 heavy (non-hydrogen) atoms. The third-order valence-electron chi connectivity index (χ3n) is 3.36. The normalized spacial score (nSPS) is 16.4. The van der Waals surface area contributed by atoms with E-state index in [1.165, 1.54) is 6.92 Å². The lowest BCUT2D eigenvalue weighted by Gasteiger charge is -2.34. The first kappa shape index (κ1) is 21.0. The summed E-state index contributed by atoms with van der Waals surface area (Å²) in [5.74, 6) is -0.176. The topological polar surface area (TPSA) is 44.4 Å². The van der Waals surface area contributed by atoms with E-state index in [1.54, 1.807) is 29.2 Å². The molecule has 0 bridgehead atoms. The van der Waals surface area contributed by atoms with Crippen LogP contribution < -0.4 is 10.6 Å². The van der Waals surface area contributed by atoms with E-state index in [0.29, 0.717) is 24.3 Å². The number of hydrogen-bond acceptors (Lipinski definition) is 3. The van der Waals surface area contributed by atoms with Gasteiger partial charge in [0.15, 0.2) is 0 Å². The molecule has 1 atom stereocenters. The molecule has 126 valence electrons. The predicted molar refractivity (Wildman–Crippen MR) is 88.4 cm³/mol. The Balaban J connectivity index is 0.00000220. The molecule has 0 spiro atoms. The molecule has 1 aliphatic rings. The minimum absolute atomic E-state index is 0. The van der Waals surface area contributed by atoms with Gasteiger partial charge < -0.3 is 10.6 Å². The van der Waals surface area contributed by atoms with E-state index in [0.717, 1.165) is 13.1 Å². The van der Waals surface area contributed by atoms with Gasteiger partial charge in [0.2, 0.25) is 5.91 Å². The number of piperazine rings is 1. The number of hydrogen-bond donors (Lipinski definition) is 2. The van der Waals surface area contributed by atoms with E-state index >= 15 is 0 Å². The summed E-state index contributed by atoms with van der Waals surface area (Å²) in [6.07, 6.45) is -2.43. The maximum absolute atomic E-state index is 13.3. The molecule has 0 unspecified atom stereocenters. The molecule has 0 radical (unpaired) electrons. The van der Waals surface area contributed by atoms with Crippen molar-refractivity contribution in [2.24, 2.45) is 0 Å². The molecule has 1 aromatic rings. The lowest BCUT2D eigenvalue weighted by atomic mass is 10.0. The Bertz CT molecular complexity index is 454. The summed E-state index contributed by atoms with van der Waals surface area (Å²) in [4.78, 5) is 12.7. The number of benzene rings is 1. The van der Waals surface area contributed by atoms with Gasteiger partial charge in [-0.25, -0.2) is 8.78 Å². The van der Waals surface area contributed by atoms with Crippen molar-refractivity contribution >= 4 is 36.4 Å². The van der Waals surface area contributed by atoms with Crippen molar-refractivity contribution in [1.29, 1.82) is 0 Å². The van der Waals surface area contributed by atoms with Crippen molar-refractivity contribution in [1.82, 2.24) is 10.2 Å². The van der Waals surface area contributed by atoms with Gasteiger partial charge in [0, 0.05) is 38.8 Å². The average molecular weight is 356 g/mol. The molecule has 1 aliphatic heterocycles. The van der Waals surface area contributed by atoms with Crippen LogP contribution in [0.2, 0.25) is 0 Å². The van der Waals surface area contributed by atoms with Gasteiger partial charge in [-0.1, -0.05) is 12.1 Å². The summed E-state index contributed by atoms with van der Waals surface area (Å²) >= 11 is 0. The highest BCUT2D eigenvalue weighted by atomic mass is 35.5. The summed E-state index contributed by atoms with van der Waals surface area (Å²) in [5, 5.41) is 5.79. The minimum Gasteiger partial charge on any atom is -0.326 e. The van der Waals surface area contributed by atoms with Crippen LogP contribution in [0.15, 0.2) is 24.3 Å². The Hall–Kier alpha value is -0.950. The Morgan fingerprint density at radius 3 is 2.18 bits per heavy atom. The first-order chi connectivity index (χ1) is 9.58. The zero-order valence-electron chi connectivity index (χ0n) is 12.2. The van der Waals surface area contributed by atoms with Crippen LogP contribution in [0.25, 0.3) is 0 Å². The van der Waals surface area contributed by atoms with Crippen LogP contribution in [0, 0.1) is 0 Å². The van der Waals surface area contributed by atoms with E-state index in [4.69, 9.17) is 0 Å². The van der Waals surface area contributed by atoms with Crippen molar-refractivity contribution in [2.45, 2.75) is 19.4 Å². The highest BCUT2D eigenvalue weighted by Crippen LogP contribution is 2.28. The number of anilines is 1. The van der Waals surface area contributed by atoms with E-state index in [2.05, 4.69) is 10.6 Å². The molecule has 0 saturated carbocycles. The van der Waals surface area contributed by atoms with Crippen LogP contribution in [-0.2, 0) is 4.79 Å². The Labute approximate surface area is 141 Å². The molecular weight excluding hydrogens is 335 g/mol. The third-order valence-corrected chi connectivity index (χ3v) is 3.36. The van der Waals surface area contributed by atoms with Gasteiger partial charge >= 0.3 is 0 Å². The maximum atomic E-state index is 13.3. The summed E-state index contributed by atoms with van der Waals surface area (Å²) < 4.78 is 26.7. The zero-order valence-corrected chi connectivity index (χ0v) is 13.9. The number of nitrogens with one attached hydrogen (secondary N) is 2. The molecule has 1 heterocycles. The molecular formula is C14H21Cl2F2N3O. The maximum Gasteiger partial charge on any atom is 0.258 e. The van der Waals surface area contributed by atoms with Gasteiger partial charge in [0.1, 0.15) is 0 Å². The molecule has 1 amide bonds. The van der Waals surface area contributed by atoms with Crippen LogP contribution in [0.1, 0.15) is 18.5 Å². The van der Waals surface area contributed by atoms with E-state index in [-0.39, 0.29) is 30.7 Å². The molecule has 4 nitrogen and oxygen atoms in total. The first-order valence-corrected chi connectivity index (χ1v) is 6.68. The van der Waals surface area contributed by atoms with Gasteiger partial charge in [-0.05, 0) is 17.7 Å². The quantitative estimate of drug-likeness (QED) is 0.872. The summed E-state index contributed by atoms with van der Waals surface area (Å²) in [6.45, 7) is 4.10. The number of carbonyl (C=O) groups excluding carboxylic acids is 1. The summed E-state index contributed by atoms with van der Waals surface area (Å²) in [6, 6.07) is 5.75. The summed E-state index contributed by atoms with van der Waals surface area (Å²) in [7, 11) is 0. The largest absolute Gasteiger partial charge is 0.326 e. The van der Waals surface area contributed by atoms with Crippen LogP contribution in [-0.4, -0.2) is 43.4 Å². The molecule has 1 aromatic carbocycles. The molecule has 1 fully saturated rings. The van der Waals surface area contributed by atoms with Crippen molar-refractivity contribution in [2.75, 3.05) is 31.5 Å². The second-order valence-electron chi connectivity index (χ2n) is 4.87. The summed E-state index contributed by atoms with van der Waals surface area (Å²) in [5.41, 5.74) is 1.20. The molecule has 2 rings (SSSR count). The van der Waals surface area contributed by atoms with Gasteiger partial charge in [0.25, 0.3) is 6.43 Å². The van der Waals surface area contributed by atoms with Crippen LogP contribution in [0.4, 0.5) is 14.5 Å². The predicted octanol–water partition coefficient (Wildman–Crippen LogP) is 2.70. The van der Waals surface area contributed by atoms with Crippen molar-refractivity contribution < 1.29 is 13.6 Å². The Morgan fingerprint density at radius 2 is 1.73 bits per heavy atom. The Kier molecular flexibility index (Phi) is 9.51. The standard InChI is InChI=1S/C14H19F2N3O.2ClH/c1-10(20)18-12-4-2-11(3-5-12)13(14(15)16)19-8-6-17-7-9-19;;/h2-5,13-14,17H,6-9H2,1H3,(H,18,20);2*1H/t13-;;/m0../s1. The van der Waals surface area contributed by atoms with Crippen molar-refractivity contribution in [3.63, 3.8) is 0 Å². The fourth-order valence-corrected chi connectivity index (χ4v) is 2.44. The van der Waals surface area contributed by atoms with Gasteiger partial charge in [-0.3, -0.25) is 9.69 Å². The molecule has 0 aromatic heterocycles. The zero-order chi connectivity index (χ0) is 14.5. The number of halogens is 4. The average Bonchev–Trinajstić information content (AvgIpc) is 2.41. The van der Waals surface area contributed by atoms with Crippen molar-refractivity contribution in [3.8, 4) is 0 Å². The first-order valence-electron chi connectivity index (χ1n) is 6.68. The van der Waals surface area contributed by atoms with Crippen LogP contribution >= 0.6 is 24.8 Å². The van der Waals surface area contributed by atoms with Gasteiger partial charge in [-0.2, -0.15) is 0 Å². The number of amides is 1. The fraction of sp³-hybridized carbons (Fsp3) is 0.500. The van der Waals surface area contributed by atoms with Crippen molar-refractivity contribution in [3.05, 3.63) is 29.8 Å². The van der Waals surface area contributed by atoms with E-state index in [9.17, 15) is 13.6 Å². The molecule has 1 saturated heterocycles. The monoisotopic (exact) mass is 355 g/mol. The van der Waals surface area contributed by atoms with E-state index in [1.807, 2.05) is 0 Å². The molecule has 2 N–H and O–H groups in total. The number of rotatable bonds is 4. The highest BCUT2D eigenvalue weighted by Gasteiger charge is 2.29. The molecule has 8 heteroatoms. The lowest BCUT2D eigenvalue weighted by molar-refractivity contribution is -0.114. The second-order valence-corrected chi connectivity index (χ2v) is 4.87. The highest BCUT2D eigenvalue weighted by molar-refractivity contribution is 5.88. The third kappa shape index (κ3) is 5.68. The van der Waals surface area contributed by atoms with Crippen LogP contribution in [0.3, 0.4) is 0 Å². The van der Waals surface area contributed by atoms with E-state index < -0.39 is 12.5 Å². The van der Waals surface area contributed by atoms with Gasteiger partial charge in [-0.15, -0.1) is 24.8 Å². The Morgan fingerprint density at radius 1 is 1.18 bits per heavy atom. The SMILES string of the molecule is CC(=O)Nc1ccc([C@@H](C(F)F)N2CCNCC2)cc1.Cl.Cl. The lowest BCUT2D eigenvalue weighted by Crippen LogP contribution is -2.46. The fourth-order valence-electron chi connectivity index (χ4n) is 2.44. The second kappa shape index (κ2) is 9.94. The molecule has 0 aliphatic carbocycles. The van der Waals surface area contributed by atoms with Crippen LogP contribution in [0.5, 0.6) is 0 Å². The number of carbonyl (C=O) groups is 1. The minimum atomic E-state index is -2.43. The number of alkyl halides is 2.